The lowest BCUT2D eigenvalue weighted by Crippen LogP contribution is -2.30. The number of carbonyl (C=O) groups is 2. The molecule has 0 spiro atoms. The zero-order valence-corrected chi connectivity index (χ0v) is 14.0. The van der Waals surface area contributed by atoms with Gasteiger partial charge in [-0.05, 0) is 50.6 Å². The number of hydrogen-bond donors (Lipinski definition) is 1. The van der Waals surface area contributed by atoms with Crippen LogP contribution in [0.1, 0.15) is 29.8 Å². The number of aryl methyl sites for hydroxylation is 1. The number of rotatable bonds is 5. The molecule has 0 aliphatic rings. The molecule has 1 amide bonds. The Morgan fingerprint density at radius 2 is 1.91 bits per heavy atom. The fraction of sp³-hybridized carbons (Fsp3) is 0.222. The van der Waals surface area contributed by atoms with Crippen LogP contribution in [0.25, 0.3) is 0 Å². The third-order valence-electron chi connectivity index (χ3n) is 3.30. The van der Waals surface area contributed by atoms with Gasteiger partial charge in [0.15, 0.2) is 11.9 Å². The number of hydrogen-bond acceptors (Lipinski definition) is 3. The number of halogens is 1. The predicted molar refractivity (Wildman–Crippen MR) is 91.4 cm³/mol. The lowest BCUT2D eigenvalue weighted by Gasteiger charge is -2.16. The maximum absolute atomic E-state index is 12.2. The second-order valence-corrected chi connectivity index (χ2v) is 5.73. The van der Waals surface area contributed by atoms with Gasteiger partial charge >= 0.3 is 0 Å². The summed E-state index contributed by atoms with van der Waals surface area (Å²) in [6.07, 6.45) is -0.727. The van der Waals surface area contributed by atoms with Crippen LogP contribution >= 0.6 is 11.6 Å². The second-order valence-electron chi connectivity index (χ2n) is 5.32. The van der Waals surface area contributed by atoms with Crippen LogP contribution in [0.15, 0.2) is 42.5 Å². The van der Waals surface area contributed by atoms with Crippen molar-refractivity contribution in [3.63, 3.8) is 0 Å². The van der Waals surface area contributed by atoms with Crippen LogP contribution in [0.2, 0.25) is 5.02 Å². The average molecular weight is 332 g/mol. The third-order valence-corrected chi connectivity index (χ3v) is 3.61. The van der Waals surface area contributed by atoms with Gasteiger partial charge < -0.3 is 10.1 Å². The standard InChI is InChI=1S/C18H18ClNO3/c1-11-7-8-16(19)17(9-11)23-13(3)18(22)20-15-6-4-5-14(10-15)12(2)21/h4-10,13H,1-3H3,(H,20,22). The van der Waals surface area contributed by atoms with Gasteiger partial charge in [-0.15, -0.1) is 0 Å². The second kappa shape index (κ2) is 7.29. The first-order chi connectivity index (χ1) is 10.9. The lowest BCUT2D eigenvalue weighted by atomic mass is 10.1. The third kappa shape index (κ3) is 4.57. The van der Waals surface area contributed by atoms with Crippen LogP contribution in [-0.2, 0) is 4.79 Å². The van der Waals surface area contributed by atoms with E-state index < -0.39 is 6.10 Å². The monoisotopic (exact) mass is 331 g/mol. The molecule has 2 rings (SSSR count). The van der Waals surface area contributed by atoms with E-state index in [0.29, 0.717) is 22.0 Å². The molecule has 1 N–H and O–H groups in total. The van der Waals surface area contributed by atoms with Crippen LogP contribution in [0.5, 0.6) is 5.75 Å². The zero-order chi connectivity index (χ0) is 17.0. The Bertz CT molecular complexity index is 743. The molecule has 0 aliphatic heterocycles. The van der Waals surface area contributed by atoms with Crippen molar-refractivity contribution in [2.45, 2.75) is 26.9 Å². The Balaban J connectivity index is 2.07. The van der Waals surface area contributed by atoms with Gasteiger partial charge in [0.2, 0.25) is 0 Å². The van der Waals surface area contributed by atoms with Crippen LogP contribution < -0.4 is 10.1 Å². The number of anilines is 1. The highest BCUT2D eigenvalue weighted by atomic mass is 35.5. The van der Waals surface area contributed by atoms with Crippen molar-refractivity contribution in [1.29, 1.82) is 0 Å². The molecule has 0 aliphatic carbocycles. The summed E-state index contributed by atoms with van der Waals surface area (Å²) < 4.78 is 5.63. The van der Waals surface area contributed by atoms with E-state index in [1.807, 2.05) is 13.0 Å². The molecule has 4 nitrogen and oxygen atoms in total. The minimum atomic E-state index is -0.727. The summed E-state index contributed by atoms with van der Waals surface area (Å²) in [6.45, 7) is 5.04. The van der Waals surface area contributed by atoms with E-state index in [1.54, 1.807) is 43.3 Å². The number of ketones is 1. The summed E-state index contributed by atoms with van der Waals surface area (Å²) >= 11 is 6.07. The first-order valence-electron chi connectivity index (χ1n) is 7.21. The van der Waals surface area contributed by atoms with Gasteiger partial charge in [-0.25, -0.2) is 0 Å². The molecule has 1 unspecified atom stereocenters. The molecule has 0 bridgehead atoms. The Morgan fingerprint density at radius 1 is 1.17 bits per heavy atom. The predicted octanol–water partition coefficient (Wildman–Crippen LogP) is 4.26. The lowest BCUT2D eigenvalue weighted by molar-refractivity contribution is -0.122. The number of ether oxygens (including phenoxy) is 1. The largest absolute Gasteiger partial charge is 0.479 e. The maximum atomic E-state index is 12.2. The Morgan fingerprint density at radius 3 is 2.61 bits per heavy atom. The van der Waals surface area contributed by atoms with E-state index in [4.69, 9.17) is 16.3 Å². The summed E-state index contributed by atoms with van der Waals surface area (Å²) in [5, 5.41) is 3.18. The van der Waals surface area contributed by atoms with Crippen LogP contribution in [0.3, 0.4) is 0 Å². The van der Waals surface area contributed by atoms with E-state index in [1.165, 1.54) is 6.92 Å². The van der Waals surface area contributed by atoms with Gasteiger partial charge in [0, 0.05) is 11.3 Å². The number of amides is 1. The van der Waals surface area contributed by atoms with E-state index >= 15 is 0 Å². The Kier molecular flexibility index (Phi) is 5.40. The van der Waals surface area contributed by atoms with Crippen molar-refractivity contribution >= 4 is 29.0 Å². The fourth-order valence-electron chi connectivity index (χ4n) is 2.00. The van der Waals surface area contributed by atoms with Crippen molar-refractivity contribution < 1.29 is 14.3 Å². The van der Waals surface area contributed by atoms with Gasteiger partial charge in [-0.1, -0.05) is 29.8 Å². The molecule has 120 valence electrons. The van der Waals surface area contributed by atoms with E-state index in [0.717, 1.165) is 5.56 Å². The van der Waals surface area contributed by atoms with Gasteiger partial charge in [-0.3, -0.25) is 9.59 Å². The van der Waals surface area contributed by atoms with Gasteiger partial charge in [0.05, 0.1) is 5.02 Å². The summed E-state index contributed by atoms with van der Waals surface area (Å²) in [6, 6.07) is 12.1. The maximum Gasteiger partial charge on any atom is 0.265 e. The Labute approximate surface area is 140 Å². The molecule has 2 aromatic carbocycles. The topological polar surface area (TPSA) is 55.4 Å². The molecular weight excluding hydrogens is 314 g/mol. The smallest absolute Gasteiger partial charge is 0.265 e. The van der Waals surface area contributed by atoms with Crippen molar-refractivity contribution in [1.82, 2.24) is 0 Å². The quantitative estimate of drug-likeness (QED) is 0.833. The zero-order valence-electron chi connectivity index (χ0n) is 13.2. The van der Waals surface area contributed by atoms with Gasteiger partial charge in [0.25, 0.3) is 5.91 Å². The molecule has 0 fully saturated rings. The normalized spacial score (nSPS) is 11.7. The highest BCUT2D eigenvalue weighted by Crippen LogP contribution is 2.26. The van der Waals surface area contributed by atoms with E-state index in [-0.39, 0.29) is 11.7 Å². The molecular formula is C18H18ClNO3. The molecule has 0 saturated carbocycles. The molecule has 5 heteroatoms. The summed E-state index contributed by atoms with van der Waals surface area (Å²) in [4.78, 5) is 23.6. The Hall–Kier alpha value is -2.33. The highest BCUT2D eigenvalue weighted by Gasteiger charge is 2.16. The SMILES string of the molecule is CC(=O)c1cccc(NC(=O)C(C)Oc2cc(C)ccc2Cl)c1. The molecule has 0 heterocycles. The first-order valence-corrected chi connectivity index (χ1v) is 7.59. The van der Waals surface area contributed by atoms with E-state index in [2.05, 4.69) is 5.32 Å². The van der Waals surface area contributed by atoms with Crippen LogP contribution in [0, 0.1) is 6.92 Å². The van der Waals surface area contributed by atoms with Crippen molar-refractivity contribution in [2.75, 3.05) is 5.32 Å². The molecule has 23 heavy (non-hydrogen) atoms. The number of nitrogens with one attached hydrogen (secondary N) is 1. The highest BCUT2D eigenvalue weighted by molar-refractivity contribution is 6.32. The van der Waals surface area contributed by atoms with E-state index in [9.17, 15) is 9.59 Å². The average Bonchev–Trinajstić information content (AvgIpc) is 2.51. The number of carbonyl (C=O) groups excluding carboxylic acids is 2. The van der Waals surface area contributed by atoms with Gasteiger partial charge in [-0.2, -0.15) is 0 Å². The number of Topliss-reactive ketones (excluding diaryl/α,β-unsaturated/α-hetero) is 1. The van der Waals surface area contributed by atoms with Crippen LogP contribution in [0.4, 0.5) is 5.69 Å². The van der Waals surface area contributed by atoms with Crippen molar-refractivity contribution in [3.8, 4) is 5.75 Å². The molecule has 0 saturated heterocycles. The molecule has 0 aromatic heterocycles. The molecule has 1 atom stereocenters. The van der Waals surface area contributed by atoms with Crippen molar-refractivity contribution in [2.24, 2.45) is 0 Å². The minimum Gasteiger partial charge on any atom is -0.479 e. The number of benzene rings is 2. The fourth-order valence-corrected chi connectivity index (χ4v) is 2.17. The summed E-state index contributed by atoms with van der Waals surface area (Å²) in [5.41, 5.74) is 2.08. The van der Waals surface area contributed by atoms with Crippen molar-refractivity contribution in [3.05, 3.63) is 58.6 Å². The minimum absolute atomic E-state index is 0.0584. The summed E-state index contributed by atoms with van der Waals surface area (Å²) in [7, 11) is 0. The van der Waals surface area contributed by atoms with Crippen LogP contribution in [-0.4, -0.2) is 17.8 Å². The van der Waals surface area contributed by atoms with Gasteiger partial charge in [0.1, 0.15) is 5.75 Å². The molecule has 2 aromatic rings. The first kappa shape index (κ1) is 17.0. The summed E-state index contributed by atoms with van der Waals surface area (Å²) in [5.74, 6) is 0.0898. The molecule has 0 radical (unpaired) electrons.